The summed E-state index contributed by atoms with van der Waals surface area (Å²) in [4.78, 5) is 14.3. The molecule has 1 aromatic carbocycles. The molecule has 0 radical (unpaired) electrons. The molecule has 21 heavy (non-hydrogen) atoms. The lowest BCUT2D eigenvalue weighted by Gasteiger charge is -2.24. The van der Waals surface area contributed by atoms with Crippen LogP contribution < -0.4 is 10.1 Å². The molecule has 0 aliphatic carbocycles. The van der Waals surface area contributed by atoms with Crippen LogP contribution in [-0.2, 0) is 0 Å². The number of halogens is 2. The summed E-state index contributed by atoms with van der Waals surface area (Å²) in [7, 11) is 0. The van der Waals surface area contributed by atoms with Crippen molar-refractivity contribution in [2.45, 2.75) is 38.0 Å². The minimum atomic E-state index is -2.85. The van der Waals surface area contributed by atoms with Crippen LogP contribution in [0, 0.1) is 0 Å². The standard InChI is InChI=1S/C15H18F2N2O2/c16-15(17)21-13-5-1-10(2-6-13)14(20)19-8-7-11-3-4-12(9-19)18-11/h1-2,5-6,11-12,15,18H,3-4,7-9H2. The topological polar surface area (TPSA) is 41.6 Å². The zero-order valence-corrected chi connectivity index (χ0v) is 11.6. The van der Waals surface area contributed by atoms with Gasteiger partial charge in [-0.15, -0.1) is 0 Å². The van der Waals surface area contributed by atoms with Gasteiger partial charge in [-0.3, -0.25) is 4.79 Å². The normalized spacial score (nSPS) is 25.0. The van der Waals surface area contributed by atoms with Crippen molar-refractivity contribution in [3.63, 3.8) is 0 Å². The van der Waals surface area contributed by atoms with Crippen LogP contribution in [0.25, 0.3) is 0 Å². The average Bonchev–Trinajstić information content (AvgIpc) is 2.78. The van der Waals surface area contributed by atoms with E-state index in [0.717, 1.165) is 19.4 Å². The number of nitrogens with zero attached hydrogens (tertiary/aromatic N) is 1. The summed E-state index contributed by atoms with van der Waals surface area (Å²) in [6.07, 6.45) is 3.26. The molecule has 2 atom stereocenters. The predicted octanol–water partition coefficient (Wildman–Crippen LogP) is 2.25. The second-order valence-electron chi connectivity index (χ2n) is 5.58. The molecule has 2 heterocycles. The third-order valence-corrected chi connectivity index (χ3v) is 4.14. The van der Waals surface area contributed by atoms with Crippen LogP contribution in [0.2, 0.25) is 0 Å². The molecule has 1 aromatic rings. The molecule has 2 bridgehead atoms. The summed E-state index contributed by atoms with van der Waals surface area (Å²) < 4.78 is 28.5. The first-order chi connectivity index (χ1) is 10.1. The van der Waals surface area contributed by atoms with Crippen LogP contribution >= 0.6 is 0 Å². The number of rotatable bonds is 3. The molecule has 0 spiro atoms. The number of ether oxygens (including phenoxy) is 1. The molecule has 114 valence electrons. The van der Waals surface area contributed by atoms with Crippen LogP contribution in [0.3, 0.4) is 0 Å². The lowest BCUT2D eigenvalue weighted by atomic mass is 10.1. The average molecular weight is 296 g/mol. The first-order valence-corrected chi connectivity index (χ1v) is 7.22. The van der Waals surface area contributed by atoms with Crippen molar-refractivity contribution in [2.75, 3.05) is 13.1 Å². The van der Waals surface area contributed by atoms with E-state index in [1.54, 1.807) is 0 Å². The van der Waals surface area contributed by atoms with Gasteiger partial charge < -0.3 is 15.0 Å². The first kappa shape index (κ1) is 14.3. The molecule has 0 saturated carbocycles. The quantitative estimate of drug-likeness (QED) is 0.930. The number of hydrogen-bond acceptors (Lipinski definition) is 3. The molecule has 1 N–H and O–H groups in total. The van der Waals surface area contributed by atoms with E-state index >= 15 is 0 Å². The van der Waals surface area contributed by atoms with Gasteiger partial charge in [0.1, 0.15) is 5.75 Å². The molecule has 2 unspecified atom stereocenters. The number of nitrogens with one attached hydrogen (secondary N) is 1. The number of amides is 1. The maximum atomic E-state index is 12.5. The minimum absolute atomic E-state index is 0.0482. The van der Waals surface area contributed by atoms with Gasteiger partial charge in [0.05, 0.1) is 0 Å². The zero-order valence-electron chi connectivity index (χ0n) is 11.6. The van der Waals surface area contributed by atoms with Gasteiger partial charge in [0.15, 0.2) is 0 Å². The summed E-state index contributed by atoms with van der Waals surface area (Å²) in [6.45, 7) is -1.40. The number of carbonyl (C=O) groups is 1. The van der Waals surface area contributed by atoms with Crippen molar-refractivity contribution in [2.24, 2.45) is 0 Å². The largest absolute Gasteiger partial charge is 0.435 e. The van der Waals surface area contributed by atoms with E-state index in [-0.39, 0.29) is 11.7 Å². The van der Waals surface area contributed by atoms with Gasteiger partial charge in [0, 0.05) is 30.7 Å². The van der Waals surface area contributed by atoms with Gasteiger partial charge in [-0.2, -0.15) is 8.78 Å². The lowest BCUT2D eigenvalue weighted by molar-refractivity contribution is -0.0498. The fraction of sp³-hybridized carbons (Fsp3) is 0.533. The third kappa shape index (κ3) is 3.32. The van der Waals surface area contributed by atoms with Gasteiger partial charge in [-0.25, -0.2) is 0 Å². The van der Waals surface area contributed by atoms with Crippen molar-refractivity contribution < 1.29 is 18.3 Å². The van der Waals surface area contributed by atoms with E-state index < -0.39 is 6.61 Å². The Morgan fingerprint density at radius 2 is 1.90 bits per heavy atom. The number of carbonyl (C=O) groups excluding carboxylic acids is 1. The molecule has 2 fully saturated rings. The van der Waals surface area contributed by atoms with E-state index in [0.29, 0.717) is 24.2 Å². The van der Waals surface area contributed by atoms with E-state index in [1.165, 1.54) is 30.7 Å². The van der Waals surface area contributed by atoms with Gasteiger partial charge in [0.25, 0.3) is 5.91 Å². The maximum Gasteiger partial charge on any atom is 0.387 e. The summed E-state index contributed by atoms with van der Waals surface area (Å²) in [5.41, 5.74) is 0.509. The van der Waals surface area contributed by atoms with Gasteiger partial charge >= 0.3 is 6.61 Å². The highest BCUT2D eigenvalue weighted by atomic mass is 19.3. The molecule has 4 nitrogen and oxygen atoms in total. The van der Waals surface area contributed by atoms with Crippen molar-refractivity contribution in [3.8, 4) is 5.75 Å². The highest BCUT2D eigenvalue weighted by molar-refractivity contribution is 5.94. The van der Waals surface area contributed by atoms with Crippen molar-refractivity contribution >= 4 is 5.91 Å². The van der Waals surface area contributed by atoms with Gasteiger partial charge in [0.2, 0.25) is 0 Å². The summed E-state index contributed by atoms with van der Waals surface area (Å²) >= 11 is 0. The number of benzene rings is 1. The molecule has 2 aliphatic heterocycles. The molecule has 1 amide bonds. The van der Waals surface area contributed by atoms with E-state index in [9.17, 15) is 13.6 Å². The Hall–Kier alpha value is -1.69. The maximum absolute atomic E-state index is 12.5. The molecule has 2 aliphatic rings. The van der Waals surface area contributed by atoms with Gasteiger partial charge in [-0.1, -0.05) is 0 Å². The monoisotopic (exact) mass is 296 g/mol. The van der Waals surface area contributed by atoms with Crippen LogP contribution in [0.4, 0.5) is 8.78 Å². The predicted molar refractivity (Wildman–Crippen MR) is 73.5 cm³/mol. The third-order valence-electron chi connectivity index (χ3n) is 4.14. The van der Waals surface area contributed by atoms with Crippen LogP contribution in [-0.4, -0.2) is 42.6 Å². The van der Waals surface area contributed by atoms with E-state index in [1.807, 2.05) is 4.90 Å². The van der Waals surface area contributed by atoms with Gasteiger partial charge in [-0.05, 0) is 43.5 Å². The Balaban J connectivity index is 1.67. The SMILES string of the molecule is O=C(c1ccc(OC(F)F)cc1)N1CCC2CCC(C1)N2. The summed E-state index contributed by atoms with van der Waals surface area (Å²) in [5, 5.41) is 3.52. The first-order valence-electron chi connectivity index (χ1n) is 7.22. The fourth-order valence-electron chi connectivity index (χ4n) is 3.09. The second kappa shape index (κ2) is 5.97. The van der Waals surface area contributed by atoms with Crippen molar-refractivity contribution in [3.05, 3.63) is 29.8 Å². The van der Waals surface area contributed by atoms with Crippen molar-refractivity contribution in [1.82, 2.24) is 10.2 Å². The van der Waals surface area contributed by atoms with Crippen LogP contribution in [0.15, 0.2) is 24.3 Å². The summed E-state index contributed by atoms with van der Waals surface area (Å²) in [6, 6.07) is 6.79. The fourth-order valence-corrected chi connectivity index (χ4v) is 3.09. The Morgan fingerprint density at radius 3 is 2.62 bits per heavy atom. The summed E-state index contributed by atoms with van der Waals surface area (Å²) in [5.74, 6) is 0.0195. The molecule has 3 rings (SSSR count). The number of fused-ring (bicyclic) bond motifs is 2. The Kier molecular flexibility index (Phi) is 4.05. The lowest BCUT2D eigenvalue weighted by Crippen LogP contribution is -2.39. The molecule has 0 aromatic heterocycles. The highest BCUT2D eigenvalue weighted by Gasteiger charge is 2.31. The Labute approximate surface area is 122 Å². The Bertz CT molecular complexity index is 507. The number of hydrogen-bond donors (Lipinski definition) is 1. The molecular weight excluding hydrogens is 278 g/mol. The Morgan fingerprint density at radius 1 is 1.19 bits per heavy atom. The smallest absolute Gasteiger partial charge is 0.387 e. The highest BCUT2D eigenvalue weighted by Crippen LogP contribution is 2.22. The molecule has 2 saturated heterocycles. The van der Waals surface area contributed by atoms with Crippen molar-refractivity contribution in [1.29, 1.82) is 0 Å². The van der Waals surface area contributed by atoms with Crippen LogP contribution in [0.1, 0.15) is 29.6 Å². The van der Waals surface area contributed by atoms with Crippen LogP contribution in [0.5, 0.6) is 5.75 Å². The number of alkyl halides is 2. The zero-order chi connectivity index (χ0) is 14.8. The number of likely N-dealkylation sites (tertiary alicyclic amines) is 1. The van der Waals surface area contributed by atoms with E-state index in [2.05, 4.69) is 10.1 Å². The second-order valence-corrected chi connectivity index (χ2v) is 5.58. The molecule has 6 heteroatoms. The molecular formula is C15H18F2N2O2. The van der Waals surface area contributed by atoms with E-state index in [4.69, 9.17) is 0 Å². The minimum Gasteiger partial charge on any atom is -0.435 e.